The number of thioether (sulfide) groups is 1. The Bertz CT molecular complexity index is 777. The number of benzene rings is 2. The largest absolute Gasteiger partial charge is 0.446 e. The maximum Gasteiger partial charge on any atom is 0.446 e. The van der Waals surface area contributed by atoms with E-state index in [9.17, 15) is 13.2 Å². The highest BCUT2D eigenvalue weighted by molar-refractivity contribution is 8.00. The Kier molecular flexibility index (Phi) is 7.26. The third-order valence-electron chi connectivity index (χ3n) is 3.56. The van der Waals surface area contributed by atoms with Crippen LogP contribution in [-0.4, -0.2) is 30.3 Å². The van der Waals surface area contributed by atoms with Crippen LogP contribution in [-0.2, 0) is 6.42 Å². The second kappa shape index (κ2) is 9.02. The quantitative estimate of drug-likeness (QED) is 0.289. The fraction of sp³-hybridized carbons (Fsp3) is 0.278. The molecule has 0 aromatic heterocycles. The van der Waals surface area contributed by atoms with E-state index in [1.807, 2.05) is 18.9 Å². The van der Waals surface area contributed by atoms with Crippen molar-refractivity contribution in [2.45, 2.75) is 23.7 Å². The predicted octanol–water partition coefficient (Wildman–Crippen LogP) is 6.81. The van der Waals surface area contributed by atoms with Crippen LogP contribution in [0.15, 0.2) is 46.3 Å². The minimum atomic E-state index is -4.29. The van der Waals surface area contributed by atoms with Gasteiger partial charge in [0.15, 0.2) is 0 Å². The normalized spacial score (nSPS) is 12.0. The summed E-state index contributed by atoms with van der Waals surface area (Å²) in [4.78, 5) is 6.36. The topological polar surface area (TPSA) is 15.6 Å². The summed E-state index contributed by atoms with van der Waals surface area (Å²) in [6.45, 7) is 2.82. The molecule has 0 saturated carbocycles. The SMILES string of the molecule is CCN(C)/C=N\c1cc(Cl)c(Cc2ccc(SC(F)(F)F)cc2)cc1Cl. The second-order valence-corrected chi connectivity index (χ2v) is 7.53. The monoisotopic (exact) mass is 420 g/mol. The maximum atomic E-state index is 12.4. The molecule has 0 heterocycles. The molecule has 0 unspecified atom stereocenters. The molecule has 8 heteroatoms. The van der Waals surface area contributed by atoms with Gasteiger partial charge in [-0.1, -0.05) is 35.3 Å². The molecule has 26 heavy (non-hydrogen) atoms. The molecule has 0 radical (unpaired) electrons. The minimum Gasteiger partial charge on any atom is -0.366 e. The molecule has 0 aliphatic rings. The first kappa shape index (κ1) is 20.9. The maximum absolute atomic E-state index is 12.4. The average molecular weight is 421 g/mol. The second-order valence-electron chi connectivity index (χ2n) is 5.58. The van der Waals surface area contributed by atoms with Crippen molar-refractivity contribution in [3.05, 3.63) is 57.6 Å². The Morgan fingerprint density at radius 3 is 2.35 bits per heavy atom. The zero-order valence-electron chi connectivity index (χ0n) is 14.1. The molecule has 2 aromatic rings. The average Bonchev–Trinajstić information content (AvgIpc) is 2.56. The molecule has 0 saturated heterocycles. The molecule has 0 atom stereocenters. The fourth-order valence-electron chi connectivity index (χ4n) is 2.08. The zero-order valence-corrected chi connectivity index (χ0v) is 16.5. The first-order chi connectivity index (χ1) is 12.2. The number of rotatable bonds is 6. The molecule has 0 aliphatic heterocycles. The molecule has 2 aromatic carbocycles. The summed E-state index contributed by atoms with van der Waals surface area (Å²) in [5.74, 6) is 0. The summed E-state index contributed by atoms with van der Waals surface area (Å²) in [6, 6.07) is 9.62. The van der Waals surface area contributed by atoms with E-state index in [-0.39, 0.29) is 16.7 Å². The van der Waals surface area contributed by atoms with E-state index in [1.165, 1.54) is 12.1 Å². The summed E-state index contributed by atoms with van der Waals surface area (Å²) < 4.78 is 37.1. The van der Waals surface area contributed by atoms with E-state index in [1.54, 1.807) is 30.6 Å². The lowest BCUT2D eigenvalue weighted by Crippen LogP contribution is -2.14. The van der Waals surface area contributed by atoms with Gasteiger partial charge in [-0.05, 0) is 60.5 Å². The van der Waals surface area contributed by atoms with Crippen molar-refractivity contribution < 1.29 is 13.2 Å². The molecule has 0 N–H and O–H groups in total. The number of aliphatic imine (C=N–C) groups is 1. The van der Waals surface area contributed by atoms with Gasteiger partial charge in [-0.25, -0.2) is 4.99 Å². The Morgan fingerprint density at radius 1 is 1.12 bits per heavy atom. The van der Waals surface area contributed by atoms with Gasteiger partial charge < -0.3 is 4.90 Å². The molecular weight excluding hydrogens is 404 g/mol. The predicted molar refractivity (Wildman–Crippen MR) is 104 cm³/mol. The standard InChI is InChI=1S/C18H17Cl2F3N2S/c1-3-25(2)11-24-17-10-15(19)13(9-16(17)20)8-12-4-6-14(7-5-12)26-18(21,22)23/h4-7,9-11H,3,8H2,1-2H3/b24-11-. The van der Waals surface area contributed by atoms with E-state index < -0.39 is 5.51 Å². The lowest BCUT2D eigenvalue weighted by Gasteiger charge is -2.11. The minimum absolute atomic E-state index is 0.134. The number of alkyl halides is 3. The van der Waals surface area contributed by atoms with Crippen molar-refractivity contribution in [3.63, 3.8) is 0 Å². The molecule has 0 bridgehead atoms. The van der Waals surface area contributed by atoms with Crippen molar-refractivity contribution in [2.75, 3.05) is 13.6 Å². The molecule has 0 fully saturated rings. The number of hydrogen-bond donors (Lipinski definition) is 0. The fourth-order valence-corrected chi connectivity index (χ4v) is 3.08. The van der Waals surface area contributed by atoms with E-state index in [0.717, 1.165) is 17.7 Å². The van der Waals surface area contributed by atoms with Gasteiger partial charge in [0.25, 0.3) is 0 Å². The molecule has 0 amide bonds. The smallest absolute Gasteiger partial charge is 0.366 e. The summed E-state index contributed by atoms with van der Waals surface area (Å²) >= 11 is 12.5. The van der Waals surface area contributed by atoms with Gasteiger partial charge in [-0.2, -0.15) is 13.2 Å². The van der Waals surface area contributed by atoms with Crippen LogP contribution >= 0.6 is 35.0 Å². The Labute approximate surface area is 165 Å². The van der Waals surface area contributed by atoms with E-state index in [4.69, 9.17) is 23.2 Å². The van der Waals surface area contributed by atoms with Gasteiger partial charge in [0, 0.05) is 23.5 Å². The first-order valence-corrected chi connectivity index (χ1v) is 9.32. The van der Waals surface area contributed by atoms with Crippen molar-refractivity contribution >= 4 is 47.0 Å². The highest BCUT2D eigenvalue weighted by Crippen LogP contribution is 2.37. The van der Waals surface area contributed by atoms with Gasteiger partial charge in [0.1, 0.15) is 0 Å². The summed E-state index contributed by atoms with van der Waals surface area (Å²) in [5, 5.41) is 0.976. The molecule has 2 rings (SSSR count). The highest BCUT2D eigenvalue weighted by Gasteiger charge is 2.29. The summed E-state index contributed by atoms with van der Waals surface area (Å²) in [7, 11) is 1.90. The van der Waals surface area contributed by atoms with Gasteiger partial charge in [-0.15, -0.1) is 0 Å². The van der Waals surface area contributed by atoms with Crippen molar-refractivity contribution in [2.24, 2.45) is 4.99 Å². The van der Waals surface area contributed by atoms with Gasteiger partial charge in [-0.3, -0.25) is 0 Å². The molecular formula is C18H17Cl2F3N2S. The number of nitrogens with zero attached hydrogens (tertiary/aromatic N) is 2. The van der Waals surface area contributed by atoms with Crippen molar-refractivity contribution in [1.82, 2.24) is 4.90 Å². The molecule has 0 aliphatic carbocycles. The third-order valence-corrected chi connectivity index (χ3v) is 4.95. The number of halogens is 5. The van der Waals surface area contributed by atoms with Gasteiger partial charge >= 0.3 is 5.51 Å². The van der Waals surface area contributed by atoms with Crippen molar-refractivity contribution in [3.8, 4) is 0 Å². The van der Waals surface area contributed by atoms with Crippen LogP contribution in [0.2, 0.25) is 10.0 Å². The van der Waals surface area contributed by atoms with Crippen LogP contribution in [0.5, 0.6) is 0 Å². The van der Waals surface area contributed by atoms with Crippen LogP contribution in [0.1, 0.15) is 18.1 Å². The first-order valence-electron chi connectivity index (χ1n) is 7.75. The van der Waals surface area contributed by atoms with Crippen LogP contribution in [0.25, 0.3) is 0 Å². The Hall–Kier alpha value is -1.37. The highest BCUT2D eigenvalue weighted by atomic mass is 35.5. The lowest BCUT2D eigenvalue weighted by molar-refractivity contribution is -0.0328. The molecule has 140 valence electrons. The van der Waals surface area contributed by atoms with Crippen LogP contribution < -0.4 is 0 Å². The zero-order chi connectivity index (χ0) is 19.3. The van der Waals surface area contributed by atoms with Gasteiger partial charge in [0.2, 0.25) is 0 Å². The lowest BCUT2D eigenvalue weighted by atomic mass is 10.0. The summed E-state index contributed by atoms with van der Waals surface area (Å²) in [5.41, 5.74) is -2.09. The van der Waals surface area contributed by atoms with E-state index in [2.05, 4.69) is 4.99 Å². The van der Waals surface area contributed by atoms with Crippen molar-refractivity contribution in [1.29, 1.82) is 0 Å². The van der Waals surface area contributed by atoms with E-state index >= 15 is 0 Å². The van der Waals surface area contributed by atoms with Gasteiger partial charge in [0.05, 0.1) is 17.0 Å². The third kappa shape index (κ3) is 6.41. The molecule has 2 nitrogen and oxygen atoms in total. The van der Waals surface area contributed by atoms with Crippen LogP contribution in [0, 0.1) is 0 Å². The Balaban J connectivity index is 2.14. The number of hydrogen-bond acceptors (Lipinski definition) is 2. The van der Waals surface area contributed by atoms with Crippen LogP contribution in [0.4, 0.5) is 18.9 Å². The Morgan fingerprint density at radius 2 is 1.77 bits per heavy atom. The van der Waals surface area contributed by atoms with Crippen LogP contribution in [0.3, 0.4) is 0 Å². The summed E-state index contributed by atoms with van der Waals surface area (Å²) in [6.07, 6.45) is 2.14. The molecule has 0 spiro atoms. The van der Waals surface area contributed by atoms with E-state index in [0.29, 0.717) is 22.2 Å².